The van der Waals surface area contributed by atoms with Crippen LogP contribution in [0.25, 0.3) is 0 Å². The number of nitrogens with zero attached hydrogens (tertiary/aromatic N) is 4. The molecule has 3 fully saturated rings. The minimum atomic E-state index is -1.51. The summed E-state index contributed by atoms with van der Waals surface area (Å²) in [6.45, 7) is 19.7. The first-order valence-corrected chi connectivity index (χ1v) is 24.1. The van der Waals surface area contributed by atoms with E-state index in [0.717, 1.165) is 17.8 Å². The molecule has 1 saturated carbocycles. The Morgan fingerprint density at radius 1 is 0.586 bits per heavy atom. The van der Waals surface area contributed by atoms with Crippen LogP contribution >= 0.6 is 0 Å². The maximum absolute atomic E-state index is 12.7. The topological polar surface area (TPSA) is 48.3 Å². The van der Waals surface area contributed by atoms with E-state index in [0.29, 0.717) is 18.6 Å². The van der Waals surface area contributed by atoms with E-state index >= 15 is 0 Å². The number of rotatable bonds is 2. The number of carbonyl (C=O) groups excluding carboxylic acids is 1. The van der Waals surface area contributed by atoms with Crippen LogP contribution in [0.1, 0.15) is 32.1 Å². The van der Waals surface area contributed by atoms with Crippen LogP contribution in [0.5, 0.6) is 0 Å². The largest absolute Gasteiger partial charge is 0.349 e. The van der Waals surface area contributed by atoms with Gasteiger partial charge in [-0.3, -0.25) is 4.79 Å². The van der Waals surface area contributed by atoms with Gasteiger partial charge in [0.2, 0.25) is 0 Å². The molecule has 3 rings (SSSR count). The lowest BCUT2D eigenvalue weighted by Crippen LogP contribution is -2.62. The first kappa shape index (κ1) is 23.1. The molecule has 0 amide bonds. The Kier molecular flexibility index (Phi) is 6.28. The van der Waals surface area contributed by atoms with Gasteiger partial charge in [-0.05, 0) is 24.2 Å². The SMILES string of the molecule is C[Si]1(C)CCC[Si](C)(C)N1N=C1CC(=O)CC(=NN2[Si](C)(C)CCC[Si]2(C)C)C1. The summed E-state index contributed by atoms with van der Waals surface area (Å²) in [7, 11) is -6.05. The molecule has 0 spiro atoms. The van der Waals surface area contributed by atoms with Gasteiger partial charge in [0.1, 0.15) is 5.78 Å². The quantitative estimate of drug-likeness (QED) is 0.492. The highest BCUT2D eigenvalue weighted by Crippen LogP contribution is 2.37. The second kappa shape index (κ2) is 7.87. The number of hydrogen-bond donors (Lipinski definition) is 0. The fourth-order valence-electron chi connectivity index (χ4n) is 5.81. The highest BCUT2D eigenvalue weighted by Gasteiger charge is 2.45. The van der Waals surface area contributed by atoms with Gasteiger partial charge in [-0.25, -0.2) is 10.2 Å². The first-order valence-electron chi connectivity index (χ1n) is 11.5. The molecule has 2 saturated heterocycles. The van der Waals surface area contributed by atoms with Crippen molar-refractivity contribution < 1.29 is 4.79 Å². The summed E-state index contributed by atoms with van der Waals surface area (Å²) in [5.74, 6) is 0.306. The van der Waals surface area contributed by atoms with E-state index in [1.165, 1.54) is 37.0 Å². The summed E-state index contributed by atoms with van der Waals surface area (Å²) in [4.78, 5) is 12.7. The summed E-state index contributed by atoms with van der Waals surface area (Å²) in [6, 6.07) is 5.29. The van der Waals surface area contributed by atoms with Crippen LogP contribution < -0.4 is 0 Å². The maximum atomic E-state index is 12.7. The van der Waals surface area contributed by atoms with Gasteiger partial charge < -0.3 is 8.68 Å². The number of carbonyl (C=O) groups is 1. The highest BCUT2D eigenvalue weighted by atomic mass is 28.4. The summed E-state index contributed by atoms with van der Waals surface area (Å²) in [5, 5.41) is 10.5. The summed E-state index contributed by atoms with van der Waals surface area (Å²) >= 11 is 0. The van der Waals surface area contributed by atoms with Crippen LogP contribution in [0.3, 0.4) is 0 Å². The second-order valence-electron chi connectivity index (χ2n) is 12.0. The van der Waals surface area contributed by atoms with Crippen molar-refractivity contribution in [2.75, 3.05) is 0 Å². The van der Waals surface area contributed by atoms with Gasteiger partial charge in [-0.1, -0.05) is 65.2 Å². The fourth-order valence-corrected chi connectivity index (χ4v) is 27.6. The van der Waals surface area contributed by atoms with Crippen LogP contribution in [0.4, 0.5) is 0 Å². The van der Waals surface area contributed by atoms with E-state index in [4.69, 9.17) is 10.2 Å². The number of hydrazone groups is 2. The lowest BCUT2D eigenvalue weighted by atomic mass is 9.95. The average Bonchev–Trinajstić information content (AvgIpc) is 2.53. The molecule has 0 radical (unpaired) electrons. The van der Waals surface area contributed by atoms with Crippen LogP contribution in [-0.2, 0) is 4.79 Å². The fraction of sp³-hybridized carbons (Fsp3) is 0.850. The predicted molar refractivity (Wildman–Crippen MR) is 136 cm³/mol. The molecule has 1 aliphatic carbocycles. The molecule has 29 heavy (non-hydrogen) atoms. The molecule has 2 heterocycles. The Morgan fingerprint density at radius 2 is 0.897 bits per heavy atom. The number of hydrogen-bond acceptors (Lipinski definition) is 5. The molecule has 9 heteroatoms. The zero-order chi connectivity index (χ0) is 21.7. The van der Waals surface area contributed by atoms with Crippen molar-refractivity contribution in [1.29, 1.82) is 0 Å². The van der Waals surface area contributed by atoms with E-state index in [1.54, 1.807) is 0 Å². The van der Waals surface area contributed by atoms with E-state index in [-0.39, 0.29) is 0 Å². The van der Waals surface area contributed by atoms with Crippen molar-refractivity contribution >= 4 is 50.1 Å². The Morgan fingerprint density at radius 3 is 1.21 bits per heavy atom. The van der Waals surface area contributed by atoms with Gasteiger partial charge in [0.15, 0.2) is 32.9 Å². The van der Waals surface area contributed by atoms with E-state index in [9.17, 15) is 4.79 Å². The Bertz CT molecular complexity index is 640. The second-order valence-corrected chi connectivity index (χ2v) is 31.1. The van der Waals surface area contributed by atoms with Crippen molar-refractivity contribution in [3.8, 4) is 0 Å². The van der Waals surface area contributed by atoms with E-state index in [1.807, 2.05) is 0 Å². The summed E-state index contributed by atoms with van der Waals surface area (Å²) < 4.78 is 5.15. The van der Waals surface area contributed by atoms with Gasteiger partial charge in [0.05, 0.1) is 0 Å². The first-order chi connectivity index (χ1) is 13.2. The van der Waals surface area contributed by atoms with Crippen LogP contribution in [-0.4, -0.2) is 58.8 Å². The molecule has 164 valence electrons. The lowest BCUT2D eigenvalue weighted by Gasteiger charge is -2.50. The molecule has 3 aliphatic rings. The Balaban J connectivity index is 1.89. The zero-order valence-electron chi connectivity index (χ0n) is 20.1. The molecular formula is C20H42N4OSi4. The third-order valence-electron chi connectivity index (χ3n) is 7.14. The number of ketones is 1. The molecule has 5 nitrogen and oxygen atoms in total. The van der Waals surface area contributed by atoms with Gasteiger partial charge in [-0.2, -0.15) is 0 Å². The van der Waals surface area contributed by atoms with Crippen molar-refractivity contribution in [2.45, 2.75) is 109 Å². The minimum Gasteiger partial charge on any atom is -0.349 e. The number of Topliss-reactive ketones (excluding diaryl/α,β-unsaturated/α-hetero) is 1. The van der Waals surface area contributed by atoms with Gasteiger partial charge in [-0.15, -0.1) is 0 Å². The standard InChI is InChI=1S/C20H42N4OSi4/c1-26(2)11-9-12-27(3,4)23(26)21-18-15-19(17-20(25)16-18)22-24-28(5,6)13-10-14-29(24,7)8/h9-17H2,1-8H3. The van der Waals surface area contributed by atoms with Crippen LogP contribution in [0.15, 0.2) is 10.2 Å². The molecular weight excluding hydrogens is 425 g/mol. The van der Waals surface area contributed by atoms with Gasteiger partial charge in [0.25, 0.3) is 0 Å². The van der Waals surface area contributed by atoms with E-state index in [2.05, 4.69) is 61.1 Å². The molecule has 0 aromatic rings. The minimum absolute atomic E-state index is 0.306. The van der Waals surface area contributed by atoms with Gasteiger partial charge >= 0.3 is 0 Å². The molecule has 0 N–H and O–H groups in total. The normalized spacial score (nSPS) is 31.4. The molecule has 0 aromatic carbocycles. The molecule has 0 aromatic heterocycles. The third-order valence-corrected chi connectivity index (χ3v) is 25.7. The maximum Gasteiger partial charge on any atom is 0.161 e. The smallest absolute Gasteiger partial charge is 0.161 e. The molecule has 0 unspecified atom stereocenters. The molecule has 2 aliphatic heterocycles. The Hall–Kier alpha value is -0.522. The highest BCUT2D eigenvalue weighted by molar-refractivity contribution is 6.92. The monoisotopic (exact) mass is 466 g/mol. The summed E-state index contributed by atoms with van der Waals surface area (Å²) in [6.07, 6.45) is 4.60. The van der Waals surface area contributed by atoms with E-state index < -0.39 is 32.9 Å². The lowest BCUT2D eigenvalue weighted by molar-refractivity contribution is -0.117. The third kappa shape index (κ3) is 5.04. The van der Waals surface area contributed by atoms with Gasteiger partial charge in [0, 0.05) is 30.7 Å². The molecule has 0 atom stereocenters. The van der Waals surface area contributed by atoms with Crippen molar-refractivity contribution in [1.82, 2.24) is 8.68 Å². The predicted octanol–water partition coefficient (Wildman–Crippen LogP) is 5.68. The zero-order valence-corrected chi connectivity index (χ0v) is 24.1. The summed E-state index contributed by atoms with van der Waals surface area (Å²) in [5.41, 5.74) is 2.16. The van der Waals surface area contributed by atoms with Crippen molar-refractivity contribution in [3.63, 3.8) is 0 Å². The average molecular weight is 467 g/mol. The van der Waals surface area contributed by atoms with Crippen molar-refractivity contribution in [2.24, 2.45) is 10.2 Å². The molecule has 0 bridgehead atoms. The van der Waals surface area contributed by atoms with Crippen LogP contribution in [0, 0.1) is 0 Å². The van der Waals surface area contributed by atoms with Crippen molar-refractivity contribution in [3.05, 3.63) is 0 Å². The van der Waals surface area contributed by atoms with Crippen LogP contribution in [0.2, 0.25) is 76.6 Å². The Labute approximate surface area is 182 Å².